The maximum atomic E-state index is 13.5. The maximum absolute atomic E-state index is 13.5. The zero-order valence-corrected chi connectivity index (χ0v) is 23.2. The van der Waals surface area contributed by atoms with Gasteiger partial charge in [0, 0.05) is 24.3 Å². The fourth-order valence-electron chi connectivity index (χ4n) is 5.01. The number of carbonyl (C=O) groups excluding carboxylic acids is 2. The van der Waals surface area contributed by atoms with Crippen LogP contribution in [-0.4, -0.2) is 41.6 Å². The summed E-state index contributed by atoms with van der Waals surface area (Å²) in [6, 6.07) is 16.8. The first-order valence-electron chi connectivity index (χ1n) is 13.4. The lowest BCUT2D eigenvalue weighted by Gasteiger charge is -2.27. The van der Waals surface area contributed by atoms with Gasteiger partial charge in [-0.25, -0.2) is 0 Å². The number of ether oxygens (including phenoxy) is 1. The molecule has 1 unspecified atom stereocenters. The Kier molecular flexibility index (Phi) is 8.29. The first-order valence-corrected chi connectivity index (χ1v) is 13.4. The summed E-state index contributed by atoms with van der Waals surface area (Å²) >= 11 is 0. The molecule has 39 heavy (non-hydrogen) atoms. The molecule has 1 aliphatic heterocycles. The summed E-state index contributed by atoms with van der Waals surface area (Å²) in [5.41, 5.74) is 3.88. The first kappa shape index (κ1) is 27.8. The van der Waals surface area contributed by atoms with Crippen LogP contribution in [0, 0.1) is 13.8 Å². The number of hydrogen-bond acceptors (Lipinski definition) is 6. The second-order valence-electron chi connectivity index (χ2n) is 9.75. The number of carbonyl (C=O) groups is 2. The van der Waals surface area contributed by atoms with Gasteiger partial charge in [-0.2, -0.15) is 0 Å². The van der Waals surface area contributed by atoms with E-state index in [-0.39, 0.29) is 22.8 Å². The van der Waals surface area contributed by atoms with Crippen LogP contribution in [0.1, 0.15) is 55.5 Å². The van der Waals surface area contributed by atoms with Crippen molar-refractivity contribution < 1.29 is 24.5 Å². The van der Waals surface area contributed by atoms with Gasteiger partial charge in [0.15, 0.2) is 0 Å². The van der Waals surface area contributed by atoms with Gasteiger partial charge in [0.05, 0.1) is 23.9 Å². The molecule has 4 rings (SSSR count). The topological polar surface area (TPSA) is 90.3 Å². The number of phenolic OH excluding ortho intramolecular Hbond substituents is 1. The van der Waals surface area contributed by atoms with Crippen LogP contribution in [-0.2, 0) is 9.59 Å². The Balaban J connectivity index is 1.89. The Morgan fingerprint density at radius 1 is 0.949 bits per heavy atom. The van der Waals surface area contributed by atoms with Crippen LogP contribution >= 0.6 is 0 Å². The molecule has 0 aliphatic carbocycles. The fourth-order valence-corrected chi connectivity index (χ4v) is 5.01. The number of Topliss-reactive ketones (excluding diaryl/α,β-unsaturated/α-hetero) is 1. The van der Waals surface area contributed by atoms with E-state index < -0.39 is 17.7 Å². The Morgan fingerprint density at radius 2 is 1.64 bits per heavy atom. The van der Waals surface area contributed by atoms with Gasteiger partial charge in [-0.05, 0) is 93.3 Å². The summed E-state index contributed by atoms with van der Waals surface area (Å²) in [4.78, 5) is 30.5. The van der Waals surface area contributed by atoms with E-state index in [2.05, 4.69) is 18.7 Å². The lowest BCUT2D eigenvalue weighted by molar-refractivity contribution is -0.132. The van der Waals surface area contributed by atoms with Crippen LogP contribution in [0.2, 0.25) is 0 Å². The molecule has 0 radical (unpaired) electrons. The van der Waals surface area contributed by atoms with E-state index in [1.165, 1.54) is 11.0 Å². The second kappa shape index (κ2) is 11.6. The molecule has 0 saturated carbocycles. The maximum Gasteiger partial charge on any atom is 0.300 e. The number of rotatable bonds is 9. The zero-order valence-electron chi connectivity index (χ0n) is 23.2. The standard InChI is InChI=1S/C32H36N2O5/c1-6-17-39-27-16-12-23(19-21(27)5)30(36)28-29(22-10-13-24(14-11-22)33(7-2)8-3)34(32(38)31(28)37)25-18-20(4)9-15-26(25)35/h9-16,18-19,29,35-36H,6-8,17H2,1-5H3/b30-28-. The van der Waals surface area contributed by atoms with Crippen LogP contribution in [0.5, 0.6) is 11.5 Å². The monoisotopic (exact) mass is 528 g/mol. The summed E-state index contributed by atoms with van der Waals surface area (Å²) in [5.74, 6) is -1.32. The number of aliphatic hydroxyl groups excluding tert-OH is 1. The van der Waals surface area contributed by atoms with Gasteiger partial charge in [-0.3, -0.25) is 14.5 Å². The predicted molar refractivity (Wildman–Crippen MR) is 155 cm³/mol. The number of aliphatic hydroxyl groups is 1. The highest BCUT2D eigenvalue weighted by Gasteiger charge is 2.47. The molecule has 7 nitrogen and oxygen atoms in total. The molecule has 1 fully saturated rings. The SMILES string of the molecule is CCCOc1ccc(/C(O)=C2/C(=O)C(=O)N(c3cc(C)ccc3O)C2c2ccc(N(CC)CC)cc2)cc1C. The van der Waals surface area contributed by atoms with Crippen molar-refractivity contribution in [3.05, 3.63) is 88.5 Å². The zero-order chi connectivity index (χ0) is 28.3. The van der Waals surface area contributed by atoms with E-state index in [1.54, 1.807) is 30.3 Å². The molecule has 7 heteroatoms. The smallest absolute Gasteiger partial charge is 0.300 e. The number of nitrogens with zero attached hydrogens (tertiary/aromatic N) is 2. The van der Waals surface area contributed by atoms with Crippen molar-refractivity contribution in [3.63, 3.8) is 0 Å². The minimum atomic E-state index is -0.931. The van der Waals surface area contributed by atoms with Crippen LogP contribution in [0.3, 0.4) is 0 Å². The van der Waals surface area contributed by atoms with E-state index in [9.17, 15) is 19.8 Å². The van der Waals surface area contributed by atoms with E-state index in [0.717, 1.165) is 36.3 Å². The van der Waals surface area contributed by atoms with Gasteiger partial charge in [-0.1, -0.05) is 25.1 Å². The highest BCUT2D eigenvalue weighted by Crippen LogP contribution is 2.45. The van der Waals surface area contributed by atoms with Gasteiger partial charge in [0.1, 0.15) is 17.3 Å². The molecule has 1 aliphatic rings. The van der Waals surface area contributed by atoms with Gasteiger partial charge < -0.3 is 19.8 Å². The van der Waals surface area contributed by atoms with Gasteiger partial charge in [0.2, 0.25) is 0 Å². The number of phenols is 1. The largest absolute Gasteiger partial charge is 0.507 e. The van der Waals surface area contributed by atoms with Gasteiger partial charge >= 0.3 is 0 Å². The number of hydrogen-bond donors (Lipinski definition) is 2. The van der Waals surface area contributed by atoms with Crippen molar-refractivity contribution in [1.29, 1.82) is 0 Å². The third-order valence-electron chi connectivity index (χ3n) is 7.08. The van der Waals surface area contributed by atoms with Crippen molar-refractivity contribution in [2.24, 2.45) is 0 Å². The third kappa shape index (κ3) is 5.35. The molecule has 0 aromatic heterocycles. The molecule has 1 saturated heterocycles. The molecule has 3 aromatic carbocycles. The average molecular weight is 529 g/mol. The van der Waals surface area contributed by atoms with E-state index in [0.29, 0.717) is 23.5 Å². The number of ketones is 1. The van der Waals surface area contributed by atoms with Gasteiger partial charge in [0.25, 0.3) is 11.7 Å². The Hall–Kier alpha value is -4.26. The van der Waals surface area contributed by atoms with Gasteiger partial charge in [-0.15, -0.1) is 0 Å². The predicted octanol–water partition coefficient (Wildman–Crippen LogP) is 6.27. The number of benzene rings is 3. The lowest BCUT2D eigenvalue weighted by atomic mass is 9.94. The summed E-state index contributed by atoms with van der Waals surface area (Å²) < 4.78 is 5.76. The highest BCUT2D eigenvalue weighted by atomic mass is 16.5. The molecule has 3 aromatic rings. The van der Waals surface area contributed by atoms with Crippen molar-refractivity contribution >= 4 is 28.8 Å². The molecule has 1 atom stereocenters. The lowest BCUT2D eigenvalue weighted by Crippen LogP contribution is -2.29. The van der Waals surface area contributed by atoms with Crippen LogP contribution < -0.4 is 14.5 Å². The highest BCUT2D eigenvalue weighted by molar-refractivity contribution is 6.52. The fraction of sp³-hybridized carbons (Fsp3) is 0.312. The summed E-state index contributed by atoms with van der Waals surface area (Å²) in [6.45, 7) is 12.1. The average Bonchev–Trinajstić information content (AvgIpc) is 3.20. The number of aryl methyl sites for hydroxylation is 2. The quantitative estimate of drug-likeness (QED) is 0.193. The molecule has 0 bridgehead atoms. The normalized spacial score (nSPS) is 16.5. The summed E-state index contributed by atoms with van der Waals surface area (Å²) in [5, 5.41) is 22.2. The van der Waals surface area contributed by atoms with Crippen molar-refractivity contribution in [1.82, 2.24) is 0 Å². The summed E-state index contributed by atoms with van der Waals surface area (Å²) in [6.07, 6.45) is 0.865. The number of amides is 1. The van der Waals surface area contributed by atoms with Crippen LogP contribution in [0.15, 0.2) is 66.2 Å². The molecule has 1 amide bonds. The minimum Gasteiger partial charge on any atom is -0.507 e. The number of anilines is 2. The second-order valence-corrected chi connectivity index (χ2v) is 9.75. The molecule has 1 heterocycles. The summed E-state index contributed by atoms with van der Waals surface area (Å²) in [7, 11) is 0. The minimum absolute atomic E-state index is 0.0295. The van der Waals surface area contributed by atoms with Crippen molar-refractivity contribution in [2.75, 3.05) is 29.5 Å². The molecule has 204 valence electrons. The third-order valence-corrected chi connectivity index (χ3v) is 7.08. The van der Waals surface area contributed by atoms with Crippen molar-refractivity contribution in [2.45, 2.75) is 47.1 Å². The Morgan fingerprint density at radius 3 is 2.26 bits per heavy atom. The van der Waals surface area contributed by atoms with E-state index >= 15 is 0 Å². The van der Waals surface area contributed by atoms with Crippen LogP contribution in [0.4, 0.5) is 11.4 Å². The molecular weight excluding hydrogens is 492 g/mol. The molecular formula is C32H36N2O5. The molecule has 0 spiro atoms. The van der Waals surface area contributed by atoms with Crippen molar-refractivity contribution in [3.8, 4) is 11.5 Å². The Labute approximate surface area is 230 Å². The van der Waals surface area contributed by atoms with Crippen LogP contribution in [0.25, 0.3) is 5.76 Å². The Bertz CT molecular complexity index is 1410. The first-order chi connectivity index (χ1) is 18.7. The molecule has 2 N–H and O–H groups in total. The van der Waals surface area contributed by atoms with E-state index in [4.69, 9.17) is 4.74 Å². The number of aromatic hydroxyl groups is 1. The van der Waals surface area contributed by atoms with E-state index in [1.807, 2.05) is 45.0 Å².